The Kier molecular flexibility index (Phi) is 4.19. The molecule has 104 valence electrons. The van der Waals surface area contributed by atoms with E-state index in [4.69, 9.17) is 0 Å². The molecule has 0 fully saturated rings. The molecule has 1 aliphatic rings. The monoisotopic (exact) mass is 269 g/mol. The maximum atomic E-state index is 12.3. The van der Waals surface area contributed by atoms with Crippen LogP contribution in [0.3, 0.4) is 0 Å². The van der Waals surface area contributed by atoms with Gasteiger partial charge in [-0.05, 0) is 13.0 Å². The Labute approximate surface area is 111 Å². The van der Waals surface area contributed by atoms with Crippen LogP contribution >= 0.6 is 0 Å². The maximum Gasteiger partial charge on any atom is 0.387 e. The van der Waals surface area contributed by atoms with Crippen LogP contribution in [-0.2, 0) is 6.54 Å². The van der Waals surface area contributed by atoms with Crippen LogP contribution in [0.15, 0.2) is 23.2 Å². The van der Waals surface area contributed by atoms with E-state index in [1.54, 1.807) is 12.1 Å². The highest BCUT2D eigenvalue weighted by Crippen LogP contribution is 2.22. The summed E-state index contributed by atoms with van der Waals surface area (Å²) < 4.78 is 29.2. The number of hydrogen-bond donors (Lipinski definition) is 1. The number of nitrogens with zero attached hydrogens (tertiary/aromatic N) is 2. The molecule has 0 spiro atoms. The molecular formula is C13H17F2N3O. The molecule has 0 unspecified atom stereocenters. The molecule has 19 heavy (non-hydrogen) atoms. The predicted molar refractivity (Wildman–Crippen MR) is 69.6 cm³/mol. The van der Waals surface area contributed by atoms with Crippen molar-refractivity contribution < 1.29 is 13.5 Å². The second-order valence-corrected chi connectivity index (χ2v) is 4.47. The minimum atomic E-state index is -2.81. The van der Waals surface area contributed by atoms with Gasteiger partial charge in [0.25, 0.3) is 0 Å². The van der Waals surface area contributed by atoms with E-state index in [0.29, 0.717) is 12.1 Å². The minimum absolute atomic E-state index is 0.203. The quantitative estimate of drug-likeness (QED) is 0.908. The van der Waals surface area contributed by atoms with E-state index in [1.165, 1.54) is 0 Å². The molecule has 1 aliphatic heterocycles. The molecule has 0 aromatic heterocycles. The highest BCUT2D eigenvalue weighted by Gasteiger charge is 2.14. The fraction of sp³-hybridized carbons (Fsp3) is 0.462. The van der Waals surface area contributed by atoms with Gasteiger partial charge in [0.1, 0.15) is 5.75 Å². The summed E-state index contributed by atoms with van der Waals surface area (Å²) in [5.74, 6) is 0.985. The van der Waals surface area contributed by atoms with Gasteiger partial charge >= 0.3 is 6.61 Å². The van der Waals surface area contributed by atoms with Gasteiger partial charge in [0.15, 0.2) is 5.96 Å². The Bertz CT molecular complexity index is 477. The van der Waals surface area contributed by atoms with Crippen LogP contribution in [-0.4, -0.2) is 37.6 Å². The van der Waals surface area contributed by atoms with Gasteiger partial charge < -0.3 is 15.0 Å². The molecule has 6 heteroatoms. The Morgan fingerprint density at radius 3 is 2.89 bits per heavy atom. The Balaban J connectivity index is 2.07. The number of ether oxygens (including phenoxy) is 1. The molecule has 1 aromatic carbocycles. The zero-order valence-corrected chi connectivity index (χ0v) is 11.0. The average molecular weight is 269 g/mol. The summed E-state index contributed by atoms with van der Waals surface area (Å²) in [5, 5.41) is 3.14. The number of rotatable bonds is 4. The number of aliphatic imine (C=N–C) groups is 1. The van der Waals surface area contributed by atoms with E-state index < -0.39 is 6.61 Å². The second-order valence-electron chi connectivity index (χ2n) is 4.47. The van der Waals surface area contributed by atoms with Crippen molar-refractivity contribution in [3.05, 3.63) is 29.3 Å². The molecule has 1 heterocycles. The first-order valence-corrected chi connectivity index (χ1v) is 6.10. The van der Waals surface area contributed by atoms with Gasteiger partial charge in [0.05, 0.1) is 6.54 Å². The lowest BCUT2D eigenvalue weighted by molar-refractivity contribution is -0.0504. The fourth-order valence-electron chi connectivity index (χ4n) is 1.95. The third kappa shape index (κ3) is 3.56. The van der Waals surface area contributed by atoms with E-state index in [0.717, 1.165) is 24.6 Å². The van der Waals surface area contributed by atoms with Crippen LogP contribution in [0.2, 0.25) is 0 Å². The maximum absolute atomic E-state index is 12.3. The molecule has 4 nitrogen and oxygen atoms in total. The van der Waals surface area contributed by atoms with Crippen molar-refractivity contribution in [2.45, 2.75) is 20.1 Å². The highest BCUT2D eigenvalue weighted by molar-refractivity contribution is 5.81. The van der Waals surface area contributed by atoms with Crippen LogP contribution in [0, 0.1) is 6.92 Å². The fourth-order valence-corrected chi connectivity index (χ4v) is 1.95. The smallest absolute Gasteiger partial charge is 0.387 e. The Morgan fingerprint density at radius 2 is 2.26 bits per heavy atom. The van der Waals surface area contributed by atoms with Crippen LogP contribution in [0.5, 0.6) is 5.75 Å². The third-order valence-corrected chi connectivity index (χ3v) is 2.93. The third-order valence-electron chi connectivity index (χ3n) is 2.93. The summed E-state index contributed by atoms with van der Waals surface area (Å²) in [5.41, 5.74) is 1.70. The van der Waals surface area contributed by atoms with E-state index in [-0.39, 0.29) is 5.75 Å². The minimum Gasteiger partial charge on any atom is -0.434 e. The van der Waals surface area contributed by atoms with Crippen LogP contribution in [0.4, 0.5) is 8.78 Å². The van der Waals surface area contributed by atoms with Gasteiger partial charge in [0.2, 0.25) is 0 Å². The highest BCUT2D eigenvalue weighted by atomic mass is 19.3. The molecule has 0 radical (unpaired) electrons. The SMILES string of the molecule is Cc1ccc(OC(F)F)c(CNC2=NCCN2C)c1. The van der Waals surface area contributed by atoms with Crippen molar-refractivity contribution >= 4 is 5.96 Å². The van der Waals surface area contributed by atoms with Crippen molar-refractivity contribution in [1.29, 1.82) is 0 Å². The first-order valence-electron chi connectivity index (χ1n) is 6.10. The van der Waals surface area contributed by atoms with Gasteiger partial charge in [-0.3, -0.25) is 4.99 Å². The molecule has 0 saturated heterocycles. The van der Waals surface area contributed by atoms with Crippen molar-refractivity contribution in [3.8, 4) is 5.75 Å². The normalized spacial score (nSPS) is 14.8. The van der Waals surface area contributed by atoms with Crippen molar-refractivity contribution in [2.24, 2.45) is 4.99 Å². The van der Waals surface area contributed by atoms with Gasteiger partial charge in [-0.2, -0.15) is 8.78 Å². The average Bonchev–Trinajstić information content (AvgIpc) is 2.75. The molecule has 0 atom stereocenters. The standard InChI is InChI=1S/C13H17F2N3O/c1-9-3-4-11(19-12(14)15)10(7-9)8-17-13-16-5-6-18(13)2/h3-4,7,12H,5-6,8H2,1-2H3,(H,16,17). The summed E-state index contributed by atoms with van der Waals surface area (Å²) >= 11 is 0. The summed E-state index contributed by atoms with van der Waals surface area (Å²) in [6.45, 7) is 1.14. The van der Waals surface area contributed by atoms with E-state index in [1.807, 2.05) is 24.9 Å². The molecule has 2 rings (SSSR count). The zero-order valence-electron chi connectivity index (χ0n) is 11.0. The summed E-state index contributed by atoms with van der Waals surface area (Å²) in [7, 11) is 1.94. The number of nitrogens with one attached hydrogen (secondary N) is 1. The van der Waals surface area contributed by atoms with Crippen molar-refractivity contribution in [1.82, 2.24) is 10.2 Å². The first kappa shape index (κ1) is 13.6. The molecular weight excluding hydrogens is 252 g/mol. The lowest BCUT2D eigenvalue weighted by Gasteiger charge is -2.17. The Morgan fingerprint density at radius 1 is 1.47 bits per heavy atom. The van der Waals surface area contributed by atoms with Crippen molar-refractivity contribution in [3.63, 3.8) is 0 Å². The molecule has 0 saturated carbocycles. The topological polar surface area (TPSA) is 36.9 Å². The Hall–Kier alpha value is -1.85. The number of hydrogen-bond acceptors (Lipinski definition) is 4. The van der Waals surface area contributed by atoms with Crippen LogP contribution < -0.4 is 10.1 Å². The van der Waals surface area contributed by atoms with Gasteiger partial charge in [-0.1, -0.05) is 17.7 Å². The molecule has 0 amide bonds. The largest absolute Gasteiger partial charge is 0.434 e. The van der Waals surface area contributed by atoms with Crippen LogP contribution in [0.25, 0.3) is 0 Å². The lowest BCUT2D eigenvalue weighted by atomic mass is 10.1. The van der Waals surface area contributed by atoms with E-state index >= 15 is 0 Å². The number of benzene rings is 1. The van der Waals surface area contributed by atoms with Gasteiger partial charge in [-0.15, -0.1) is 0 Å². The van der Waals surface area contributed by atoms with Gasteiger partial charge in [-0.25, -0.2) is 0 Å². The number of halogens is 2. The zero-order chi connectivity index (χ0) is 13.8. The summed E-state index contributed by atoms with van der Waals surface area (Å²) in [6, 6.07) is 5.15. The summed E-state index contributed by atoms with van der Waals surface area (Å²) in [4.78, 5) is 6.28. The molecule has 0 bridgehead atoms. The molecule has 1 N–H and O–H groups in total. The molecule has 1 aromatic rings. The second kappa shape index (κ2) is 5.86. The first-order chi connectivity index (χ1) is 9.06. The summed E-state index contributed by atoms with van der Waals surface area (Å²) in [6.07, 6.45) is 0. The predicted octanol–water partition coefficient (Wildman–Crippen LogP) is 1.99. The number of aryl methyl sites for hydroxylation is 1. The number of likely N-dealkylation sites (N-methyl/N-ethyl adjacent to an activating group) is 1. The van der Waals surface area contributed by atoms with E-state index in [9.17, 15) is 8.78 Å². The van der Waals surface area contributed by atoms with Gasteiger partial charge in [0, 0.05) is 25.7 Å². The van der Waals surface area contributed by atoms with Crippen LogP contribution in [0.1, 0.15) is 11.1 Å². The number of alkyl halides is 2. The van der Waals surface area contributed by atoms with Crippen molar-refractivity contribution in [2.75, 3.05) is 20.1 Å². The van der Waals surface area contributed by atoms with E-state index in [2.05, 4.69) is 15.0 Å². The lowest BCUT2D eigenvalue weighted by Crippen LogP contribution is -2.35. The molecule has 0 aliphatic carbocycles. The number of guanidine groups is 1.